The first kappa shape index (κ1) is 27.9. The fourth-order valence-electron chi connectivity index (χ4n) is 3.77. The molecule has 0 radical (unpaired) electrons. The van der Waals surface area contributed by atoms with E-state index in [1.54, 1.807) is 6.20 Å². The molecule has 3 unspecified atom stereocenters. The van der Waals surface area contributed by atoms with Crippen LogP contribution in [0.5, 0.6) is 0 Å². The summed E-state index contributed by atoms with van der Waals surface area (Å²) in [5.74, 6) is -4.56. The van der Waals surface area contributed by atoms with E-state index in [4.69, 9.17) is 10.8 Å². The Bertz CT molecular complexity index is 1290. The van der Waals surface area contributed by atoms with Gasteiger partial charge in [0.1, 0.15) is 12.1 Å². The molecular weight excluding hydrogens is 498 g/mol. The third-order valence-corrected chi connectivity index (χ3v) is 5.77. The molecule has 0 bridgehead atoms. The number of rotatable bonds is 14. The molecule has 0 aliphatic rings. The van der Waals surface area contributed by atoms with Crippen molar-refractivity contribution in [2.45, 2.75) is 43.8 Å². The molecule has 3 aromatic rings. The molecule has 14 nitrogen and oxygen atoms in total. The average molecular weight is 528 g/mol. The quantitative estimate of drug-likeness (QED) is 0.129. The largest absolute Gasteiger partial charge is 0.481 e. The van der Waals surface area contributed by atoms with E-state index in [9.17, 15) is 29.1 Å². The number of H-pyrrole nitrogens is 2. The first-order valence-electron chi connectivity index (χ1n) is 11.7. The lowest BCUT2D eigenvalue weighted by Gasteiger charge is -2.21. The number of carboxylic acids is 2. The van der Waals surface area contributed by atoms with Gasteiger partial charge in [0.25, 0.3) is 0 Å². The molecule has 2 aromatic heterocycles. The zero-order valence-electron chi connectivity index (χ0n) is 20.3. The first-order valence-corrected chi connectivity index (χ1v) is 11.7. The van der Waals surface area contributed by atoms with Crippen LogP contribution < -0.4 is 21.7 Å². The zero-order valence-corrected chi connectivity index (χ0v) is 20.3. The fourth-order valence-corrected chi connectivity index (χ4v) is 3.77. The van der Waals surface area contributed by atoms with Crippen LogP contribution in [0.2, 0.25) is 0 Å². The van der Waals surface area contributed by atoms with Crippen molar-refractivity contribution in [3.63, 3.8) is 0 Å². The number of nitrogens with one attached hydrogen (secondary N) is 5. The molecule has 9 N–H and O–H groups in total. The van der Waals surface area contributed by atoms with Gasteiger partial charge in [0.15, 0.2) is 0 Å². The topological polar surface area (TPSA) is 232 Å². The predicted octanol–water partition coefficient (Wildman–Crippen LogP) is -0.961. The Kier molecular flexibility index (Phi) is 9.54. The number of benzene rings is 1. The van der Waals surface area contributed by atoms with Crippen LogP contribution >= 0.6 is 0 Å². The average Bonchev–Trinajstić information content (AvgIpc) is 3.55. The molecule has 3 amide bonds. The van der Waals surface area contributed by atoms with Gasteiger partial charge < -0.3 is 41.9 Å². The number of hydrogen-bond acceptors (Lipinski definition) is 7. The number of aromatic amines is 2. The fraction of sp³-hybridized carbons (Fsp3) is 0.333. The van der Waals surface area contributed by atoms with Crippen LogP contribution in [-0.4, -0.2) is 79.5 Å². The summed E-state index contributed by atoms with van der Waals surface area (Å²) in [7, 11) is 0. The van der Waals surface area contributed by atoms with E-state index >= 15 is 0 Å². The second kappa shape index (κ2) is 13.0. The Labute approximate surface area is 216 Å². The number of nitrogens with zero attached hydrogens (tertiary/aromatic N) is 1. The molecule has 0 aliphatic carbocycles. The third kappa shape index (κ3) is 7.89. The van der Waals surface area contributed by atoms with E-state index in [1.165, 1.54) is 12.5 Å². The van der Waals surface area contributed by atoms with E-state index < -0.39 is 54.3 Å². The van der Waals surface area contributed by atoms with Crippen LogP contribution in [0.4, 0.5) is 0 Å². The molecule has 2 heterocycles. The van der Waals surface area contributed by atoms with Crippen molar-refractivity contribution >= 4 is 40.6 Å². The van der Waals surface area contributed by atoms with Crippen molar-refractivity contribution in [2.24, 2.45) is 5.73 Å². The van der Waals surface area contributed by atoms with Gasteiger partial charge >= 0.3 is 11.9 Å². The highest BCUT2D eigenvalue weighted by Gasteiger charge is 2.28. The Morgan fingerprint density at radius 2 is 1.74 bits per heavy atom. The highest BCUT2D eigenvalue weighted by atomic mass is 16.4. The summed E-state index contributed by atoms with van der Waals surface area (Å²) in [6, 6.07) is 3.76. The highest BCUT2D eigenvalue weighted by Crippen LogP contribution is 2.19. The predicted molar refractivity (Wildman–Crippen MR) is 134 cm³/mol. The minimum absolute atomic E-state index is 0.0000985. The standard InChI is InChI=1S/C24H29N7O7/c25-16(5-6-21(33)34)22(35)28-11-20(32)30-18(8-14-10-26-12-29-14)23(36)31-19(24(37)38)7-13-9-27-17-4-2-1-3-15(13)17/h1-4,9-10,12,16,18-19,27H,5-8,11,25H2,(H,26,29)(H,28,35)(H,30,32)(H,31,36)(H,33,34)(H,37,38). The van der Waals surface area contributed by atoms with Gasteiger partial charge in [0.2, 0.25) is 17.7 Å². The number of imidazole rings is 1. The van der Waals surface area contributed by atoms with E-state index in [1.807, 2.05) is 24.3 Å². The molecule has 0 fully saturated rings. The minimum Gasteiger partial charge on any atom is -0.481 e. The third-order valence-electron chi connectivity index (χ3n) is 5.77. The lowest BCUT2D eigenvalue weighted by molar-refractivity contribution is -0.142. The van der Waals surface area contributed by atoms with Gasteiger partial charge in [-0.3, -0.25) is 19.2 Å². The van der Waals surface area contributed by atoms with Crippen LogP contribution in [0, 0.1) is 0 Å². The van der Waals surface area contributed by atoms with Crippen molar-refractivity contribution in [1.29, 1.82) is 0 Å². The Morgan fingerprint density at radius 3 is 2.42 bits per heavy atom. The minimum atomic E-state index is -1.28. The number of fused-ring (bicyclic) bond motifs is 1. The van der Waals surface area contributed by atoms with E-state index in [0.29, 0.717) is 11.3 Å². The highest BCUT2D eigenvalue weighted by molar-refractivity contribution is 5.93. The van der Waals surface area contributed by atoms with Crippen molar-refractivity contribution in [3.8, 4) is 0 Å². The molecule has 0 aliphatic heterocycles. The van der Waals surface area contributed by atoms with Gasteiger partial charge in [-0.15, -0.1) is 0 Å². The summed E-state index contributed by atoms with van der Waals surface area (Å²) in [5, 5.41) is 26.6. The van der Waals surface area contributed by atoms with E-state index in [-0.39, 0.29) is 25.7 Å². The SMILES string of the molecule is NC(CCC(=O)O)C(=O)NCC(=O)NC(Cc1cnc[nH]1)C(=O)NC(Cc1c[nH]c2ccccc12)C(=O)O. The van der Waals surface area contributed by atoms with Crippen LogP contribution in [-0.2, 0) is 36.8 Å². The summed E-state index contributed by atoms with van der Waals surface area (Å²) in [4.78, 5) is 70.0. The van der Waals surface area contributed by atoms with Gasteiger partial charge in [-0.25, -0.2) is 9.78 Å². The van der Waals surface area contributed by atoms with Crippen molar-refractivity contribution in [3.05, 3.63) is 54.2 Å². The number of aliphatic carboxylic acids is 2. The Balaban J connectivity index is 1.65. The number of carbonyl (C=O) groups is 5. The summed E-state index contributed by atoms with van der Waals surface area (Å²) >= 11 is 0. The number of hydrogen-bond donors (Lipinski definition) is 8. The van der Waals surface area contributed by atoms with Crippen molar-refractivity contribution in [1.82, 2.24) is 30.9 Å². The van der Waals surface area contributed by atoms with E-state index in [2.05, 4.69) is 30.9 Å². The normalized spacial score (nSPS) is 13.3. The molecule has 14 heteroatoms. The number of carbonyl (C=O) groups excluding carboxylic acids is 3. The molecule has 0 saturated heterocycles. The molecule has 0 saturated carbocycles. The number of para-hydroxylation sites is 1. The lowest BCUT2D eigenvalue weighted by Crippen LogP contribution is -2.55. The van der Waals surface area contributed by atoms with Crippen LogP contribution in [0.25, 0.3) is 10.9 Å². The summed E-state index contributed by atoms with van der Waals surface area (Å²) in [6.07, 6.45) is 4.08. The molecule has 202 valence electrons. The van der Waals surface area contributed by atoms with Crippen LogP contribution in [0.3, 0.4) is 0 Å². The van der Waals surface area contributed by atoms with Gasteiger partial charge in [-0.05, 0) is 18.1 Å². The maximum Gasteiger partial charge on any atom is 0.326 e. The van der Waals surface area contributed by atoms with Crippen LogP contribution in [0.1, 0.15) is 24.1 Å². The molecular formula is C24H29N7O7. The molecule has 3 atom stereocenters. The van der Waals surface area contributed by atoms with Gasteiger partial charge in [-0.2, -0.15) is 0 Å². The monoisotopic (exact) mass is 527 g/mol. The summed E-state index contributed by atoms with van der Waals surface area (Å²) in [5.41, 5.74) is 7.66. The number of carboxylic acid groups (broad SMARTS) is 2. The summed E-state index contributed by atoms with van der Waals surface area (Å²) in [6.45, 7) is -0.524. The van der Waals surface area contributed by atoms with Crippen LogP contribution in [0.15, 0.2) is 43.0 Å². The molecule has 1 aromatic carbocycles. The maximum atomic E-state index is 13.1. The van der Waals surface area contributed by atoms with E-state index in [0.717, 1.165) is 10.9 Å². The van der Waals surface area contributed by atoms with Gasteiger partial charge in [-0.1, -0.05) is 18.2 Å². The second-order valence-electron chi connectivity index (χ2n) is 8.62. The summed E-state index contributed by atoms with van der Waals surface area (Å²) < 4.78 is 0. The number of amides is 3. The van der Waals surface area contributed by atoms with Crippen molar-refractivity contribution < 1.29 is 34.2 Å². The maximum absolute atomic E-state index is 13.1. The smallest absolute Gasteiger partial charge is 0.326 e. The van der Waals surface area contributed by atoms with Gasteiger partial charge in [0, 0.05) is 48.3 Å². The number of aromatic nitrogens is 3. The number of nitrogens with two attached hydrogens (primary N) is 1. The van der Waals surface area contributed by atoms with Crippen molar-refractivity contribution in [2.75, 3.05) is 6.54 Å². The lowest BCUT2D eigenvalue weighted by atomic mass is 10.0. The van der Waals surface area contributed by atoms with Gasteiger partial charge in [0.05, 0.1) is 18.9 Å². The molecule has 0 spiro atoms. The Morgan fingerprint density at radius 1 is 0.974 bits per heavy atom. The zero-order chi connectivity index (χ0) is 27.7. The molecule has 38 heavy (non-hydrogen) atoms. The Hall–Kier alpha value is -4.72. The molecule has 3 rings (SSSR count). The first-order chi connectivity index (χ1) is 18.1. The second-order valence-corrected chi connectivity index (χ2v) is 8.62.